The Morgan fingerprint density at radius 1 is 1.24 bits per heavy atom. The van der Waals surface area contributed by atoms with E-state index in [-0.39, 0.29) is 23.2 Å². The first-order valence-corrected chi connectivity index (χ1v) is 6.73. The summed E-state index contributed by atoms with van der Waals surface area (Å²) in [6.07, 6.45) is 2.93. The van der Waals surface area contributed by atoms with E-state index in [2.05, 4.69) is 0 Å². The number of nitro groups is 2. The van der Waals surface area contributed by atoms with Crippen molar-refractivity contribution >= 4 is 17.1 Å². The molecule has 0 aromatic heterocycles. The van der Waals surface area contributed by atoms with Gasteiger partial charge in [-0.15, -0.1) is 0 Å². The van der Waals surface area contributed by atoms with Crippen LogP contribution < -0.4 is 9.64 Å². The molecule has 1 aromatic carbocycles. The zero-order valence-electron chi connectivity index (χ0n) is 11.9. The van der Waals surface area contributed by atoms with E-state index in [1.807, 2.05) is 11.8 Å². The van der Waals surface area contributed by atoms with E-state index in [9.17, 15) is 20.2 Å². The van der Waals surface area contributed by atoms with Crippen molar-refractivity contribution in [3.05, 3.63) is 32.4 Å². The average molecular weight is 295 g/mol. The van der Waals surface area contributed by atoms with Gasteiger partial charge in [0.25, 0.3) is 5.69 Å². The lowest BCUT2D eigenvalue weighted by molar-refractivity contribution is -0.393. The molecule has 0 aliphatic carbocycles. The molecule has 21 heavy (non-hydrogen) atoms. The molecule has 8 heteroatoms. The predicted octanol–water partition coefficient (Wildman–Crippen LogP) is 2.89. The van der Waals surface area contributed by atoms with Crippen LogP contribution >= 0.6 is 0 Å². The highest BCUT2D eigenvalue weighted by Gasteiger charge is 2.32. The third-order valence-electron chi connectivity index (χ3n) is 3.76. The van der Waals surface area contributed by atoms with Gasteiger partial charge in [-0.2, -0.15) is 0 Å². The number of anilines is 1. The summed E-state index contributed by atoms with van der Waals surface area (Å²) in [4.78, 5) is 22.9. The van der Waals surface area contributed by atoms with E-state index in [1.54, 1.807) is 0 Å². The van der Waals surface area contributed by atoms with Crippen molar-refractivity contribution in [1.29, 1.82) is 0 Å². The van der Waals surface area contributed by atoms with Crippen molar-refractivity contribution in [1.82, 2.24) is 0 Å². The number of hydrogen-bond donors (Lipinski definition) is 0. The van der Waals surface area contributed by atoms with E-state index >= 15 is 0 Å². The number of rotatable bonds is 4. The predicted molar refractivity (Wildman–Crippen MR) is 77.0 cm³/mol. The van der Waals surface area contributed by atoms with Crippen LogP contribution in [-0.2, 0) is 0 Å². The van der Waals surface area contributed by atoms with E-state index in [1.165, 1.54) is 13.2 Å². The largest absolute Gasteiger partial charge is 0.494 e. The molecular weight excluding hydrogens is 278 g/mol. The second-order valence-corrected chi connectivity index (χ2v) is 5.07. The lowest BCUT2D eigenvalue weighted by Gasteiger charge is -2.35. The van der Waals surface area contributed by atoms with E-state index in [0.717, 1.165) is 25.3 Å². The van der Waals surface area contributed by atoms with Crippen molar-refractivity contribution in [2.45, 2.75) is 32.2 Å². The van der Waals surface area contributed by atoms with E-state index < -0.39 is 9.85 Å². The van der Waals surface area contributed by atoms with Gasteiger partial charge >= 0.3 is 5.69 Å². The molecule has 2 rings (SSSR count). The molecule has 0 spiro atoms. The van der Waals surface area contributed by atoms with Gasteiger partial charge in [-0.3, -0.25) is 20.2 Å². The molecule has 0 amide bonds. The fourth-order valence-corrected chi connectivity index (χ4v) is 2.70. The first kappa shape index (κ1) is 15.0. The second kappa shape index (κ2) is 5.94. The van der Waals surface area contributed by atoms with Crippen LogP contribution in [0.4, 0.5) is 17.1 Å². The molecular formula is C13H17N3O5. The number of benzene rings is 1. The SMILES string of the molecule is COc1cc([N+](=O)[O-])cc([N+](=O)[O-])c1N1CCCCC1C. The molecule has 1 fully saturated rings. The zero-order chi connectivity index (χ0) is 15.6. The highest BCUT2D eigenvalue weighted by atomic mass is 16.6. The standard InChI is InChI=1S/C13H17N3O5/c1-9-5-3-4-6-14(9)13-11(16(19)20)7-10(15(17)18)8-12(13)21-2/h7-9H,3-6H2,1-2H3. The monoisotopic (exact) mass is 295 g/mol. The highest BCUT2D eigenvalue weighted by molar-refractivity contribution is 5.75. The summed E-state index contributed by atoms with van der Waals surface area (Å²) in [6.45, 7) is 2.67. The number of nitro benzene ring substituents is 2. The minimum atomic E-state index is -0.654. The van der Waals surface area contributed by atoms with Crippen LogP contribution in [0, 0.1) is 20.2 Å². The second-order valence-electron chi connectivity index (χ2n) is 5.07. The van der Waals surface area contributed by atoms with Crippen LogP contribution in [0.2, 0.25) is 0 Å². The maximum Gasteiger partial charge on any atom is 0.303 e. The summed E-state index contributed by atoms with van der Waals surface area (Å²) in [5.41, 5.74) is -0.290. The van der Waals surface area contributed by atoms with Gasteiger partial charge in [0.15, 0.2) is 11.4 Å². The Morgan fingerprint density at radius 3 is 2.48 bits per heavy atom. The Morgan fingerprint density at radius 2 is 1.95 bits per heavy atom. The van der Waals surface area contributed by atoms with E-state index in [0.29, 0.717) is 12.2 Å². The Bertz CT molecular complexity index is 575. The van der Waals surface area contributed by atoms with Gasteiger partial charge in [0, 0.05) is 12.6 Å². The topological polar surface area (TPSA) is 98.8 Å². The molecule has 1 heterocycles. The van der Waals surface area contributed by atoms with Gasteiger partial charge in [0.1, 0.15) is 0 Å². The van der Waals surface area contributed by atoms with Crippen molar-refractivity contribution in [3.63, 3.8) is 0 Å². The number of hydrogen-bond acceptors (Lipinski definition) is 6. The fraction of sp³-hybridized carbons (Fsp3) is 0.538. The quantitative estimate of drug-likeness (QED) is 0.625. The van der Waals surface area contributed by atoms with Crippen LogP contribution in [-0.4, -0.2) is 29.5 Å². The Hall–Kier alpha value is -2.38. The summed E-state index contributed by atoms with van der Waals surface area (Å²) in [6, 6.07) is 2.37. The first-order chi connectivity index (χ1) is 9.95. The minimum Gasteiger partial charge on any atom is -0.494 e. The molecule has 0 bridgehead atoms. The fourth-order valence-electron chi connectivity index (χ4n) is 2.70. The van der Waals surface area contributed by atoms with Crippen LogP contribution in [0.5, 0.6) is 5.75 Å². The Labute approximate surface area is 121 Å². The summed E-state index contributed by atoms with van der Waals surface area (Å²) < 4.78 is 5.18. The van der Waals surface area contributed by atoms with Gasteiger partial charge in [0.05, 0.1) is 29.1 Å². The molecule has 0 N–H and O–H groups in total. The first-order valence-electron chi connectivity index (χ1n) is 6.73. The molecule has 1 aliphatic rings. The molecule has 0 radical (unpaired) electrons. The number of non-ortho nitro benzene ring substituents is 1. The number of ether oxygens (including phenoxy) is 1. The molecule has 1 aliphatic heterocycles. The van der Waals surface area contributed by atoms with Crippen LogP contribution in [0.15, 0.2) is 12.1 Å². The normalized spacial score (nSPS) is 18.4. The van der Waals surface area contributed by atoms with Crippen molar-refractivity contribution in [2.75, 3.05) is 18.6 Å². The molecule has 1 atom stereocenters. The van der Waals surface area contributed by atoms with Crippen molar-refractivity contribution < 1.29 is 14.6 Å². The van der Waals surface area contributed by atoms with Crippen LogP contribution in [0.1, 0.15) is 26.2 Å². The smallest absolute Gasteiger partial charge is 0.303 e. The molecule has 1 aromatic rings. The Kier molecular flexibility index (Phi) is 4.25. The Balaban J connectivity index is 2.61. The molecule has 1 unspecified atom stereocenters. The maximum absolute atomic E-state index is 11.3. The van der Waals surface area contributed by atoms with Crippen molar-refractivity contribution in [2.24, 2.45) is 0 Å². The minimum absolute atomic E-state index is 0.132. The van der Waals surface area contributed by atoms with Gasteiger partial charge in [-0.05, 0) is 26.2 Å². The summed E-state index contributed by atoms with van der Waals surface area (Å²) in [5.74, 6) is 0.171. The highest BCUT2D eigenvalue weighted by Crippen LogP contribution is 2.43. The summed E-state index contributed by atoms with van der Waals surface area (Å²) in [7, 11) is 1.36. The van der Waals surface area contributed by atoms with Gasteiger partial charge < -0.3 is 9.64 Å². The van der Waals surface area contributed by atoms with Gasteiger partial charge in [0.2, 0.25) is 0 Å². The number of methoxy groups -OCH3 is 1. The number of nitrogens with zero attached hydrogens (tertiary/aromatic N) is 3. The van der Waals surface area contributed by atoms with Crippen LogP contribution in [0.3, 0.4) is 0 Å². The molecule has 114 valence electrons. The third-order valence-corrected chi connectivity index (χ3v) is 3.76. The maximum atomic E-state index is 11.3. The van der Waals surface area contributed by atoms with Gasteiger partial charge in [-0.25, -0.2) is 0 Å². The molecule has 0 saturated carbocycles. The van der Waals surface area contributed by atoms with E-state index in [4.69, 9.17) is 4.74 Å². The molecule has 8 nitrogen and oxygen atoms in total. The third kappa shape index (κ3) is 2.88. The van der Waals surface area contributed by atoms with Crippen LogP contribution in [0.25, 0.3) is 0 Å². The lowest BCUT2D eigenvalue weighted by atomic mass is 10.0. The lowest BCUT2D eigenvalue weighted by Crippen LogP contribution is -2.38. The van der Waals surface area contributed by atoms with Crippen molar-refractivity contribution in [3.8, 4) is 5.75 Å². The number of piperidine rings is 1. The summed E-state index contributed by atoms with van der Waals surface area (Å²) >= 11 is 0. The van der Waals surface area contributed by atoms with Gasteiger partial charge in [-0.1, -0.05) is 0 Å². The zero-order valence-corrected chi connectivity index (χ0v) is 11.9. The molecule has 1 saturated heterocycles. The average Bonchev–Trinajstić information content (AvgIpc) is 2.46. The summed E-state index contributed by atoms with van der Waals surface area (Å²) in [5, 5.41) is 22.2.